The van der Waals surface area contributed by atoms with E-state index in [0.717, 1.165) is 5.56 Å². The second-order valence-corrected chi connectivity index (χ2v) is 8.39. The monoisotopic (exact) mass is 487 g/mol. The number of nitrogens with zero attached hydrogens (tertiary/aromatic N) is 1. The van der Waals surface area contributed by atoms with Gasteiger partial charge in [0.15, 0.2) is 11.5 Å². The molecule has 186 valence electrons. The lowest BCUT2D eigenvalue weighted by Crippen LogP contribution is -2.31. The lowest BCUT2D eigenvalue weighted by molar-refractivity contribution is -0.140. The molecule has 1 atom stereocenters. The topological polar surface area (TPSA) is 85.3 Å². The Kier molecular flexibility index (Phi) is 8.02. The molecule has 7 heteroatoms. The van der Waals surface area contributed by atoms with Gasteiger partial charge in [-0.25, -0.2) is 0 Å². The Bertz CT molecular complexity index is 1240. The maximum absolute atomic E-state index is 13.1. The van der Waals surface area contributed by atoms with E-state index in [2.05, 4.69) is 0 Å². The van der Waals surface area contributed by atoms with Gasteiger partial charge in [0, 0.05) is 25.8 Å². The highest BCUT2D eigenvalue weighted by atomic mass is 16.5. The van der Waals surface area contributed by atoms with E-state index in [1.807, 2.05) is 36.4 Å². The Labute approximate surface area is 210 Å². The molecule has 1 unspecified atom stereocenters. The van der Waals surface area contributed by atoms with Gasteiger partial charge in [0.2, 0.25) is 0 Å². The number of ketones is 1. The van der Waals surface area contributed by atoms with E-state index in [-0.39, 0.29) is 11.3 Å². The van der Waals surface area contributed by atoms with Crippen LogP contribution in [0.4, 0.5) is 0 Å². The molecule has 1 aliphatic heterocycles. The van der Waals surface area contributed by atoms with Gasteiger partial charge in [-0.3, -0.25) is 9.59 Å². The number of rotatable bonds is 10. The van der Waals surface area contributed by atoms with Crippen molar-refractivity contribution in [3.8, 4) is 11.5 Å². The summed E-state index contributed by atoms with van der Waals surface area (Å²) in [6.07, 6.45) is 0.542. The van der Waals surface area contributed by atoms with Gasteiger partial charge >= 0.3 is 0 Å². The summed E-state index contributed by atoms with van der Waals surface area (Å²) in [5.41, 5.74) is 2.15. The number of likely N-dealkylation sites (tertiary alicyclic amines) is 1. The van der Waals surface area contributed by atoms with Crippen LogP contribution in [0, 0.1) is 0 Å². The first-order chi connectivity index (χ1) is 17.5. The van der Waals surface area contributed by atoms with E-state index in [9.17, 15) is 14.7 Å². The minimum atomic E-state index is -0.779. The van der Waals surface area contributed by atoms with Crippen molar-refractivity contribution in [2.45, 2.75) is 19.1 Å². The van der Waals surface area contributed by atoms with E-state index >= 15 is 0 Å². The Balaban J connectivity index is 1.73. The lowest BCUT2D eigenvalue weighted by Gasteiger charge is -2.26. The summed E-state index contributed by atoms with van der Waals surface area (Å²) in [5, 5.41) is 11.1. The molecule has 1 N–H and O–H groups in total. The number of aliphatic hydroxyl groups is 1. The molecule has 36 heavy (non-hydrogen) atoms. The third-order valence-electron chi connectivity index (χ3n) is 6.08. The minimum absolute atomic E-state index is 0.0450. The van der Waals surface area contributed by atoms with Gasteiger partial charge in [-0.1, -0.05) is 66.7 Å². The summed E-state index contributed by atoms with van der Waals surface area (Å²) in [6.45, 7) is 1.09. The van der Waals surface area contributed by atoms with Crippen molar-refractivity contribution in [2.75, 3.05) is 27.4 Å². The maximum atomic E-state index is 13.1. The van der Waals surface area contributed by atoms with Crippen LogP contribution in [0.25, 0.3) is 5.76 Å². The normalized spacial score (nSPS) is 16.8. The summed E-state index contributed by atoms with van der Waals surface area (Å²) >= 11 is 0. The quantitative estimate of drug-likeness (QED) is 0.193. The molecule has 0 saturated carbocycles. The van der Waals surface area contributed by atoms with E-state index in [0.29, 0.717) is 48.8 Å². The molecular formula is C29H29NO6. The molecule has 0 bridgehead atoms. The van der Waals surface area contributed by atoms with Gasteiger partial charge in [-0.05, 0) is 29.7 Å². The number of Topliss-reactive ketones (excluding diaryl/α,β-unsaturated/α-hetero) is 1. The highest BCUT2D eigenvalue weighted by molar-refractivity contribution is 6.46. The Hall–Kier alpha value is -4.10. The SMILES string of the molecule is COCCCN1C(=O)C(=O)C(=C(O)c2ccccc2)C1c1ccc(OCc2ccccc2)c(OC)c1. The van der Waals surface area contributed by atoms with E-state index in [1.54, 1.807) is 49.6 Å². The number of benzene rings is 3. The van der Waals surface area contributed by atoms with E-state index in [4.69, 9.17) is 14.2 Å². The van der Waals surface area contributed by atoms with Crippen molar-refractivity contribution < 1.29 is 28.9 Å². The second kappa shape index (κ2) is 11.6. The average molecular weight is 488 g/mol. The maximum Gasteiger partial charge on any atom is 0.295 e. The largest absolute Gasteiger partial charge is 0.507 e. The van der Waals surface area contributed by atoms with Gasteiger partial charge < -0.3 is 24.2 Å². The van der Waals surface area contributed by atoms with Crippen molar-refractivity contribution >= 4 is 17.4 Å². The molecule has 0 spiro atoms. The second-order valence-electron chi connectivity index (χ2n) is 8.39. The zero-order chi connectivity index (χ0) is 25.5. The van der Waals surface area contributed by atoms with Crippen LogP contribution in [0.3, 0.4) is 0 Å². The molecular weight excluding hydrogens is 458 g/mol. The summed E-state index contributed by atoms with van der Waals surface area (Å²) < 4.78 is 16.7. The summed E-state index contributed by atoms with van der Waals surface area (Å²) in [7, 11) is 3.12. The molecule has 1 saturated heterocycles. The minimum Gasteiger partial charge on any atom is -0.507 e. The molecule has 1 aliphatic rings. The third kappa shape index (κ3) is 5.26. The number of ether oxygens (including phenoxy) is 3. The molecule has 7 nitrogen and oxygen atoms in total. The predicted octanol–water partition coefficient (Wildman–Crippen LogP) is 4.73. The standard InChI is InChI=1S/C29H29NO6/c1-34-17-9-16-30-26(25(28(32)29(30)33)27(31)21-12-7-4-8-13-21)22-14-15-23(24(18-22)35-2)36-19-20-10-5-3-6-11-20/h3-8,10-15,18,26,31H,9,16-17,19H2,1-2H3. The summed E-state index contributed by atoms with van der Waals surface area (Å²) in [5.74, 6) is -0.592. The summed E-state index contributed by atoms with van der Waals surface area (Å²) in [4.78, 5) is 27.7. The van der Waals surface area contributed by atoms with E-state index < -0.39 is 17.7 Å². The van der Waals surface area contributed by atoms with Crippen molar-refractivity contribution in [1.29, 1.82) is 0 Å². The summed E-state index contributed by atoms with van der Waals surface area (Å²) in [6, 6.07) is 23.0. The fourth-order valence-corrected chi connectivity index (χ4v) is 4.30. The number of carbonyl (C=O) groups is 2. The first-order valence-corrected chi connectivity index (χ1v) is 11.7. The fraction of sp³-hybridized carbons (Fsp3) is 0.241. The smallest absolute Gasteiger partial charge is 0.295 e. The van der Waals surface area contributed by atoms with Crippen molar-refractivity contribution in [2.24, 2.45) is 0 Å². The third-order valence-corrected chi connectivity index (χ3v) is 6.08. The van der Waals surface area contributed by atoms with Crippen molar-refractivity contribution in [3.63, 3.8) is 0 Å². The molecule has 0 aliphatic carbocycles. The van der Waals surface area contributed by atoms with Gasteiger partial charge in [0.1, 0.15) is 12.4 Å². The zero-order valence-corrected chi connectivity index (χ0v) is 20.3. The van der Waals surface area contributed by atoms with Crippen LogP contribution in [-0.2, 0) is 20.9 Å². The van der Waals surface area contributed by atoms with Crippen LogP contribution in [0.1, 0.15) is 29.2 Å². The van der Waals surface area contributed by atoms with Gasteiger partial charge in [-0.15, -0.1) is 0 Å². The lowest BCUT2D eigenvalue weighted by atomic mass is 9.95. The van der Waals surface area contributed by atoms with Crippen LogP contribution in [-0.4, -0.2) is 49.1 Å². The molecule has 0 radical (unpaired) electrons. The number of carbonyl (C=O) groups excluding carboxylic acids is 2. The average Bonchev–Trinajstić information content (AvgIpc) is 3.17. The Morgan fingerprint density at radius 1 is 0.917 bits per heavy atom. The van der Waals surface area contributed by atoms with E-state index in [1.165, 1.54) is 12.0 Å². The predicted molar refractivity (Wildman–Crippen MR) is 136 cm³/mol. The molecule has 3 aromatic rings. The highest BCUT2D eigenvalue weighted by Crippen LogP contribution is 2.42. The van der Waals surface area contributed by atoms with Crippen LogP contribution < -0.4 is 9.47 Å². The molecule has 1 amide bonds. The number of hydrogen-bond acceptors (Lipinski definition) is 6. The van der Waals surface area contributed by atoms with Gasteiger partial charge in [-0.2, -0.15) is 0 Å². The van der Waals surface area contributed by atoms with Crippen LogP contribution in [0.2, 0.25) is 0 Å². The highest BCUT2D eigenvalue weighted by Gasteiger charge is 2.46. The van der Waals surface area contributed by atoms with Gasteiger partial charge in [0.25, 0.3) is 11.7 Å². The molecule has 1 heterocycles. The first kappa shape index (κ1) is 25.0. The number of hydrogen-bond donors (Lipinski definition) is 1. The number of aliphatic hydroxyl groups excluding tert-OH is 1. The molecule has 4 rings (SSSR count). The fourth-order valence-electron chi connectivity index (χ4n) is 4.30. The molecule has 0 aromatic heterocycles. The number of methoxy groups -OCH3 is 2. The zero-order valence-electron chi connectivity index (χ0n) is 20.3. The molecule has 1 fully saturated rings. The first-order valence-electron chi connectivity index (χ1n) is 11.7. The molecule has 3 aromatic carbocycles. The van der Waals surface area contributed by atoms with Gasteiger partial charge in [0.05, 0.1) is 18.7 Å². The Morgan fingerprint density at radius 2 is 1.61 bits per heavy atom. The Morgan fingerprint density at radius 3 is 2.28 bits per heavy atom. The number of amides is 1. The van der Waals surface area contributed by atoms with Crippen LogP contribution in [0.5, 0.6) is 11.5 Å². The van der Waals surface area contributed by atoms with Crippen molar-refractivity contribution in [1.82, 2.24) is 4.90 Å². The van der Waals surface area contributed by atoms with Crippen LogP contribution in [0.15, 0.2) is 84.4 Å². The van der Waals surface area contributed by atoms with Crippen molar-refractivity contribution in [3.05, 3.63) is 101 Å². The van der Waals surface area contributed by atoms with Crippen LogP contribution >= 0.6 is 0 Å².